The molecule has 12 heteroatoms. The SMILES string of the molecule is O=C1c2c(F)cc(C3CC3)cc2CCN1c1cccc(-c2cnnc(Nc3cnn(CC(F)F)c3)n2)c1CO. The maximum absolute atomic E-state index is 15.1. The first kappa shape index (κ1) is 25.0. The van der Waals surface area contributed by atoms with Gasteiger partial charge in [-0.2, -0.15) is 10.2 Å². The quantitative estimate of drug-likeness (QED) is 0.343. The van der Waals surface area contributed by atoms with Crippen LogP contribution in [-0.2, 0) is 19.6 Å². The molecule has 9 nitrogen and oxygen atoms in total. The molecule has 0 unspecified atom stereocenters. The standard InChI is InChI=1S/C27H24F3N7O2/c28-21-9-17(15-4-5-15)8-16-6-7-37(26(39)25(16)21)23-3-1-2-19(20(23)14-38)22-11-31-35-27(34-22)33-18-10-32-36(12-18)13-24(29)30/h1-3,8-12,15,24,38H,4-7,13-14H2,(H,33,34,35). The predicted molar refractivity (Wildman–Crippen MR) is 136 cm³/mol. The highest BCUT2D eigenvalue weighted by molar-refractivity contribution is 6.09. The zero-order chi connectivity index (χ0) is 27.1. The molecule has 4 aromatic rings. The summed E-state index contributed by atoms with van der Waals surface area (Å²) in [5.41, 5.74) is 3.91. The number of nitrogens with zero attached hydrogens (tertiary/aromatic N) is 6. The largest absolute Gasteiger partial charge is 0.392 e. The molecule has 6 rings (SSSR count). The predicted octanol–water partition coefficient (Wildman–Crippen LogP) is 4.46. The van der Waals surface area contributed by atoms with Gasteiger partial charge in [-0.1, -0.05) is 18.2 Å². The Bertz CT molecular complexity index is 1550. The molecule has 200 valence electrons. The van der Waals surface area contributed by atoms with Crippen LogP contribution in [0.15, 0.2) is 48.9 Å². The van der Waals surface area contributed by atoms with Crippen molar-refractivity contribution in [1.29, 1.82) is 0 Å². The third kappa shape index (κ3) is 4.94. The van der Waals surface area contributed by atoms with Crippen LogP contribution in [0, 0.1) is 5.82 Å². The van der Waals surface area contributed by atoms with E-state index in [1.54, 1.807) is 18.2 Å². The lowest BCUT2D eigenvalue weighted by molar-refractivity contribution is 0.0975. The summed E-state index contributed by atoms with van der Waals surface area (Å²) in [5, 5.41) is 25.0. The maximum atomic E-state index is 15.1. The highest BCUT2D eigenvalue weighted by Gasteiger charge is 2.33. The van der Waals surface area contributed by atoms with Crippen LogP contribution in [0.4, 0.5) is 30.5 Å². The number of amides is 1. The monoisotopic (exact) mass is 535 g/mol. The molecular formula is C27H24F3N7O2. The van der Waals surface area contributed by atoms with Crippen molar-refractivity contribution in [2.24, 2.45) is 0 Å². The smallest absolute Gasteiger partial charge is 0.261 e. The number of aliphatic hydroxyl groups excluding tert-OH is 1. The van der Waals surface area contributed by atoms with E-state index in [9.17, 15) is 18.7 Å². The first-order chi connectivity index (χ1) is 18.9. The van der Waals surface area contributed by atoms with E-state index >= 15 is 4.39 Å². The first-order valence-electron chi connectivity index (χ1n) is 12.6. The molecular weight excluding hydrogens is 511 g/mol. The van der Waals surface area contributed by atoms with Gasteiger partial charge in [0.2, 0.25) is 5.95 Å². The second kappa shape index (κ2) is 10.1. The molecule has 0 spiro atoms. The number of halogens is 3. The molecule has 1 amide bonds. The Balaban J connectivity index is 1.30. The van der Waals surface area contributed by atoms with Crippen LogP contribution >= 0.6 is 0 Å². The van der Waals surface area contributed by atoms with E-state index in [0.29, 0.717) is 52.6 Å². The Morgan fingerprint density at radius 1 is 1.18 bits per heavy atom. The summed E-state index contributed by atoms with van der Waals surface area (Å²) in [5.74, 6) is -0.495. The van der Waals surface area contributed by atoms with Gasteiger partial charge in [0.25, 0.3) is 12.3 Å². The molecule has 2 N–H and O–H groups in total. The number of fused-ring (bicyclic) bond motifs is 1. The molecule has 0 bridgehead atoms. The lowest BCUT2D eigenvalue weighted by atomic mass is 9.93. The topological polar surface area (TPSA) is 109 Å². The number of hydrogen-bond acceptors (Lipinski definition) is 7. The van der Waals surface area contributed by atoms with Crippen LogP contribution in [0.3, 0.4) is 0 Å². The number of rotatable bonds is 8. The van der Waals surface area contributed by atoms with Crippen molar-refractivity contribution in [3.63, 3.8) is 0 Å². The van der Waals surface area contributed by atoms with E-state index in [1.165, 1.54) is 29.6 Å². The van der Waals surface area contributed by atoms with Crippen molar-refractivity contribution in [2.45, 2.75) is 44.8 Å². The molecule has 2 aromatic heterocycles. The van der Waals surface area contributed by atoms with Crippen molar-refractivity contribution in [1.82, 2.24) is 25.0 Å². The molecule has 2 aliphatic rings. The summed E-state index contributed by atoms with van der Waals surface area (Å²) in [4.78, 5) is 19.4. The average Bonchev–Trinajstić information content (AvgIpc) is 3.69. The molecule has 2 aromatic carbocycles. The summed E-state index contributed by atoms with van der Waals surface area (Å²) in [7, 11) is 0. The number of alkyl halides is 2. The molecule has 39 heavy (non-hydrogen) atoms. The fraction of sp³-hybridized carbons (Fsp3) is 0.296. The van der Waals surface area contributed by atoms with E-state index in [4.69, 9.17) is 0 Å². The number of nitrogens with one attached hydrogen (secondary N) is 1. The molecule has 0 saturated heterocycles. The van der Waals surface area contributed by atoms with Gasteiger partial charge < -0.3 is 15.3 Å². The van der Waals surface area contributed by atoms with E-state index in [0.717, 1.165) is 23.1 Å². The summed E-state index contributed by atoms with van der Waals surface area (Å²) < 4.78 is 41.4. The molecule has 0 radical (unpaired) electrons. The van der Waals surface area contributed by atoms with E-state index in [2.05, 4.69) is 25.6 Å². The van der Waals surface area contributed by atoms with Gasteiger partial charge in [-0.05, 0) is 48.4 Å². The Kier molecular flexibility index (Phi) is 6.47. The number of hydrogen-bond donors (Lipinski definition) is 2. The summed E-state index contributed by atoms with van der Waals surface area (Å²) >= 11 is 0. The number of aromatic nitrogens is 5. The second-order valence-corrected chi connectivity index (χ2v) is 9.61. The fourth-order valence-electron chi connectivity index (χ4n) is 4.99. The van der Waals surface area contributed by atoms with Gasteiger partial charge in [-0.25, -0.2) is 18.2 Å². The van der Waals surface area contributed by atoms with Crippen molar-refractivity contribution >= 4 is 23.2 Å². The van der Waals surface area contributed by atoms with Gasteiger partial charge in [0.1, 0.15) is 12.4 Å². The Morgan fingerprint density at radius 2 is 2.03 bits per heavy atom. The van der Waals surface area contributed by atoms with Crippen LogP contribution in [0.1, 0.15) is 45.8 Å². The highest BCUT2D eigenvalue weighted by Crippen LogP contribution is 2.42. The fourth-order valence-corrected chi connectivity index (χ4v) is 4.99. The van der Waals surface area contributed by atoms with Gasteiger partial charge >= 0.3 is 0 Å². The molecule has 0 atom stereocenters. The molecule has 1 fully saturated rings. The van der Waals surface area contributed by atoms with Gasteiger partial charge in [-0.3, -0.25) is 9.48 Å². The van der Waals surface area contributed by atoms with Crippen LogP contribution in [0.5, 0.6) is 0 Å². The van der Waals surface area contributed by atoms with Crippen molar-refractivity contribution in [3.8, 4) is 11.3 Å². The van der Waals surface area contributed by atoms with E-state index in [1.807, 2.05) is 6.07 Å². The Labute approximate surface area is 221 Å². The van der Waals surface area contributed by atoms with Crippen LogP contribution in [0.2, 0.25) is 0 Å². The Hall–Kier alpha value is -4.32. The zero-order valence-corrected chi connectivity index (χ0v) is 20.7. The molecule has 1 saturated carbocycles. The van der Waals surface area contributed by atoms with Crippen molar-refractivity contribution in [2.75, 3.05) is 16.8 Å². The van der Waals surface area contributed by atoms with Gasteiger partial charge in [-0.15, -0.1) is 5.10 Å². The van der Waals surface area contributed by atoms with Gasteiger partial charge in [0, 0.05) is 23.9 Å². The third-order valence-electron chi connectivity index (χ3n) is 6.96. The van der Waals surface area contributed by atoms with Crippen LogP contribution < -0.4 is 10.2 Å². The van der Waals surface area contributed by atoms with Crippen molar-refractivity contribution < 1.29 is 23.1 Å². The number of carbonyl (C=O) groups is 1. The summed E-state index contributed by atoms with van der Waals surface area (Å²) in [6.07, 6.45) is 4.22. The maximum Gasteiger partial charge on any atom is 0.261 e. The highest BCUT2D eigenvalue weighted by atomic mass is 19.3. The second-order valence-electron chi connectivity index (χ2n) is 9.61. The third-order valence-corrected chi connectivity index (χ3v) is 6.96. The number of anilines is 3. The lowest BCUT2D eigenvalue weighted by Crippen LogP contribution is -2.39. The first-order valence-corrected chi connectivity index (χ1v) is 12.6. The van der Waals surface area contributed by atoms with E-state index in [-0.39, 0.29) is 11.5 Å². The van der Waals surface area contributed by atoms with E-state index < -0.39 is 31.3 Å². The van der Waals surface area contributed by atoms with Gasteiger partial charge in [0.15, 0.2) is 0 Å². The molecule has 1 aliphatic heterocycles. The van der Waals surface area contributed by atoms with Crippen LogP contribution in [0.25, 0.3) is 11.3 Å². The minimum Gasteiger partial charge on any atom is -0.392 e. The Morgan fingerprint density at radius 3 is 2.79 bits per heavy atom. The normalized spacial score (nSPS) is 15.1. The number of benzene rings is 2. The minimum atomic E-state index is -2.54. The summed E-state index contributed by atoms with van der Waals surface area (Å²) in [6.45, 7) is -0.607. The molecule has 1 aliphatic carbocycles. The zero-order valence-electron chi connectivity index (χ0n) is 20.7. The van der Waals surface area contributed by atoms with Crippen LogP contribution in [-0.4, -0.2) is 48.9 Å². The van der Waals surface area contributed by atoms with Crippen molar-refractivity contribution in [3.05, 3.63) is 77.0 Å². The number of aliphatic hydroxyl groups is 1. The summed E-state index contributed by atoms with van der Waals surface area (Å²) in [6, 6.07) is 8.59. The minimum absolute atomic E-state index is 0.0718. The van der Waals surface area contributed by atoms with Gasteiger partial charge in [0.05, 0.1) is 41.6 Å². The molecule has 3 heterocycles. The number of carbonyl (C=O) groups excluding carboxylic acids is 1. The lowest BCUT2D eigenvalue weighted by Gasteiger charge is -2.31. The average molecular weight is 536 g/mol.